The molecule has 0 saturated carbocycles. The molecule has 5 heteroatoms. The predicted octanol–water partition coefficient (Wildman–Crippen LogP) is 2.88. The highest BCUT2D eigenvalue weighted by Crippen LogP contribution is 2.15. The molecule has 4 nitrogen and oxygen atoms in total. The Morgan fingerprint density at radius 2 is 2.11 bits per heavy atom. The zero-order valence-electron chi connectivity index (χ0n) is 11.1. The number of aliphatic carboxylic acids is 1. The molecular formula is C14H18ClNO3. The van der Waals surface area contributed by atoms with E-state index in [2.05, 4.69) is 5.32 Å². The Kier molecular flexibility index (Phi) is 5.83. The average molecular weight is 284 g/mol. The van der Waals surface area contributed by atoms with Crippen molar-refractivity contribution >= 4 is 23.5 Å². The second-order valence-corrected chi connectivity index (χ2v) is 4.98. The van der Waals surface area contributed by atoms with Gasteiger partial charge < -0.3 is 10.4 Å². The number of benzene rings is 1. The van der Waals surface area contributed by atoms with Crippen molar-refractivity contribution in [2.75, 3.05) is 6.54 Å². The highest BCUT2D eigenvalue weighted by atomic mass is 35.5. The first-order valence-electron chi connectivity index (χ1n) is 6.20. The van der Waals surface area contributed by atoms with E-state index >= 15 is 0 Å². The molecule has 19 heavy (non-hydrogen) atoms. The summed E-state index contributed by atoms with van der Waals surface area (Å²) in [5, 5.41) is 12.0. The number of aryl methyl sites for hydroxylation is 1. The topological polar surface area (TPSA) is 66.4 Å². The van der Waals surface area contributed by atoms with E-state index < -0.39 is 5.97 Å². The maximum atomic E-state index is 12.0. The molecule has 0 aromatic heterocycles. The molecule has 0 saturated heterocycles. The fourth-order valence-electron chi connectivity index (χ4n) is 1.78. The first-order valence-corrected chi connectivity index (χ1v) is 6.58. The summed E-state index contributed by atoms with van der Waals surface area (Å²) in [7, 11) is 0. The second-order valence-electron chi connectivity index (χ2n) is 4.54. The third kappa shape index (κ3) is 4.91. The molecule has 1 aromatic carbocycles. The van der Waals surface area contributed by atoms with Crippen LogP contribution in [0.2, 0.25) is 5.02 Å². The fourth-order valence-corrected chi connectivity index (χ4v) is 1.95. The Bertz CT molecular complexity index is 474. The lowest BCUT2D eigenvalue weighted by Crippen LogP contribution is -2.30. The van der Waals surface area contributed by atoms with Crippen molar-refractivity contribution in [2.45, 2.75) is 26.7 Å². The summed E-state index contributed by atoms with van der Waals surface area (Å²) in [6.07, 6.45) is 0.770. The largest absolute Gasteiger partial charge is 0.481 e. The van der Waals surface area contributed by atoms with Gasteiger partial charge in [0.15, 0.2) is 0 Å². The van der Waals surface area contributed by atoms with Gasteiger partial charge in [0.25, 0.3) is 5.91 Å². The number of hydrogen-bond donors (Lipinski definition) is 2. The lowest BCUT2D eigenvalue weighted by atomic mass is 10.0. The molecule has 0 bridgehead atoms. The zero-order chi connectivity index (χ0) is 14.4. The van der Waals surface area contributed by atoms with Crippen LogP contribution < -0.4 is 5.32 Å². The van der Waals surface area contributed by atoms with E-state index in [0.717, 1.165) is 5.56 Å². The summed E-state index contributed by atoms with van der Waals surface area (Å²) in [4.78, 5) is 22.7. The molecule has 0 heterocycles. The fraction of sp³-hybridized carbons (Fsp3) is 0.429. The maximum Gasteiger partial charge on any atom is 0.303 e. The van der Waals surface area contributed by atoms with Crippen LogP contribution in [-0.4, -0.2) is 23.5 Å². The van der Waals surface area contributed by atoms with Crippen LogP contribution in [0.15, 0.2) is 18.2 Å². The molecule has 1 aromatic rings. The van der Waals surface area contributed by atoms with E-state index in [1.165, 1.54) is 0 Å². The van der Waals surface area contributed by atoms with Gasteiger partial charge in [-0.3, -0.25) is 9.59 Å². The van der Waals surface area contributed by atoms with E-state index in [1.54, 1.807) is 18.2 Å². The molecule has 1 atom stereocenters. The van der Waals surface area contributed by atoms with E-state index in [-0.39, 0.29) is 18.2 Å². The number of carboxylic acid groups (broad SMARTS) is 1. The number of carbonyl (C=O) groups is 2. The standard InChI is InChI=1S/C14H18ClNO3/c1-3-10(6-13(17)18)8-16-14(19)12-7-11(15)5-4-9(12)2/h4-5,7,10H,3,6,8H2,1-2H3,(H,16,19)(H,17,18). The molecule has 0 radical (unpaired) electrons. The molecule has 0 aliphatic rings. The minimum absolute atomic E-state index is 0.0547. The van der Waals surface area contributed by atoms with Gasteiger partial charge in [-0.15, -0.1) is 0 Å². The van der Waals surface area contributed by atoms with Crippen LogP contribution in [0.1, 0.15) is 35.7 Å². The average Bonchev–Trinajstić information content (AvgIpc) is 2.36. The second kappa shape index (κ2) is 7.14. The van der Waals surface area contributed by atoms with Crippen LogP contribution in [0, 0.1) is 12.8 Å². The molecule has 1 unspecified atom stereocenters. The smallest absolute Gasteiger partial charge is 0.303 e. The van der Waals surface area contributed by atoms with Gasteiger partial charge in [-0.25, -0.2) is 0 Å². The molecule has 0 fully saturated rings. The van der Waals surface area contributed by atoms with Gasteiger partial charge >= 0.3 is 5.97 Å². The van der Waals surface area contributed by atoms with Crippen molar-refractivity contribution in [2.24, 2.45) is 5.92 Å². The molecular weight excluding hydrogens is 266 g/mol. The Morgan fingerprint density at radius 3 is 2.68 bits per heavy atom. The van der Waals surface area contributed by atoms with Crippen LogP contribution in [0.25, 0.3) is 0 Å². The van der Waals surface area contributed by atoms with E-state index in [9.17, 15) is 9.59 Å². The minimum atomic E-state index is -0.847. The Labute approximate surface area is 117 Å². The van der Waals surface area contributed by atoms with E-state index in [0.29, 0.717) is 23.6 Å². The third-order valence-electron chi connectivity index (χ3n) is 3.04. The number of nitrogens with one attached hydrogen (secondary N) is 1. The normalized spacial score (nSPS) is 11.9. The molecule has 2 N–H and O–H groups in total. The van der Waals surface area contributed by atoms with Gasteiger partial charge in [0, 0.05) is 23.6 Å². The molecule has 0 spiro atoms. The van der Waals surface area contributed by atoms with Crippen LogP contribution in [-0.2, 0) is 4.79 Å². The van der Waals surface area contributed by atoms with Crippen LogP contribution in [0.3, 0.4) is 0 Å². The Balaban J connectivity index is 2.64. The summed E-state index contributed by atoms with van der Waals surface area (Å²) >= 11 is 5.86. The first-order chi connectivity index (χ1) is 8.93. The number of halogens is 1. The van der Waals surface area contributed by atoms with Crippen LogP contribution in [0.5, 0.6) is 0 Å². The summed E-state index contributed by atoms with van der Waals surface area (Å²) in [6, 6.07) is 5.13. The molecule has 1 rings (SSSR count). The number of carboxylic acids is 1. The first kappa shape index (κ1) is 15.5. The van der Waals surface area contributed by atoms with Gasteiger partial charge in [0.2, 0.25) is 0 Å². The van der Waals surface area contributed by atoms with E-state index in [1.807, 2.05) is 13.8 Å². The van der Waals surface area contributed by atoms with E-state index in [4.69, 9.17) is 16.7 Å². The van der Waals surface area contributed by atoms with Crippen molar-refractivity contribution in [3.8, 4) is 0 Å². The van der Waals surface area contributed by atoms with Gasteiger partial charge in [-0.05, 0) is 30.5 Å². The summed E-state index contributed by atoms with van der Waals surface area (Å²) in [6.45, 7) is 4.10. The number of rotatable bonds is 6. The number of amides is 1. The van der Waals surface area contributed by atoms with Crippen molar-refractivity contribution < 1.29 is 14.7 Å². The monoisotopic (exact) mass is 283 g/mol. The van der Waals surface area contributed by atoms with Crippen molar-refractivity contribution in [3.05, 3.63) is 34.3 Å². The van der Waals surface area contributed by atoms with Gasteiger partial charge in [0.1, 0.15) is 0 Å². The van der Waals surface area contributed by atoms with Gasteiger partial charge in [0.05, 0.1) is 0 Å². The molecule has 0 aliphatic heterocycles. The SMILES string of the molecule is CCC(CNC(=O)c1cc(Cl)ccc1C)CC(=O)O. The number of carbonyl (C=O) groups excluding carboxylic acids is 1. The van der Waals surface area contributed by atoms with Gasteiger partial charge in [-0.1, -0.05) is 31.0 Å². The van der Waals surface area contributed by atoms with Crippen molar-refractivity contribution in [1.29, 1.82) is 0 Å². The van der Waals surface area contributed by atoms with Crippen LogP contribution >= 0.6 is 11.6 Å². The summed E-state index contributed by atoms with van der Waals surface area (Å²) in [5.74, 6) is -1.12. The summed E-state index contributed by atoms with van der Waals surface area (Å²) < 4.78 is 0. The lowest BCUT2D eigenvalue weighted by Gasteiger charge is -2.14. The summed E-state index contributed by atoms with van der Waals surface area (Å²) in [5.41, 5.74) is 1.37. The quantitative estimate of drug-likeness (QED) is 0.843. The van der Waals surface area contributed by atoms with Gasteiger partial charge in [-0.2, -0.15) is 0 Å². The lowest BCUT2D eigenvalue weighted by molar-refractivity contribution is -0.138. The molecule has 0 aliphatic carbocycles. The highest BCUT2D eigenvalue weighted by Gasteiger charge is 2.14. The number of hydrogen-bond acceptors (Lipinski definition) is 2. The molecule has 1 amide bonds. The van der Waals surface area contributed by atoms with Crippen molar-refractivity contribution in [1.82, 2.24) is 5.32 Å². The Morgan fingerprint density at radius 1 is 1.42 bits per heavy atom. The zero-order valence-corrected chi connectivity index (χ0v) is 11.8. The van der Waals surface area contributed by atoms with Crippen molar-refractivity contribution in [3.63, 3.8) is 0 Å². The molecule has 104 valence electrons. The predicted molar refractivity (Wildman–Crippen MR) is 74.6 cm³/mol. The Hall–Kier alpha value is -1.55. The third-order valence-corrected chi connectivity index (χ3v) is 3.27. The maximum absolute atomic E-state index is 12.0. The highest BCUT2D eigenvalue weighted by molar-refractivity contribution is 6.31. The minimum Gasteiger partial charge on any atom is -0.481 e. The van der Waals surface area contributed by atoms with Crippen LogP contribution in [0.4, 0.5) is 0 Å².